The van der Waals surface area contributed by atoms with Crippen molar-refractivity contribution in [3.05, 3.63) is 64.6 Å². The molecule has 0 fully saturated rings. The van der Waals surface area contributed by atoms with Crippen LogP contribution in [0, 0.1) is 0 Å². The molecule has 1 unspecified atom stereocenters. The summed E-state index contributed by atoms with van der Waals surface area (Å²) in [6.45, 7) is 0.690. The lowest BCUT2D eigenvalue weighted by molar-refractivity contribution is 0.501. The molecule has 4 heteroatoms. The van der Waals surface area contributed by atoms with E-state index in [1.807, 2.05) is 36.0 Å². The summed E-state index contributed by atoms with van der Waals surface area (Å²) in [7, 11) is 0. The van der Waals surface area contributed by atoms with Gasteiger partial charge < -0.3 is 4.42 Å². The predicted molar refractivity (Wildman–Crippen MR) is 80.3 cm³/mol. The van der Waals surface area contributed by atoms with Crippen LogP contribution in [0.5, 0.6) is 0 Å². The maximum absolute atomic E-state index is 12.0. The molecule has 100 valence electrons. The minimum absolute atomic E-state index is 0.261. The van der Waals surface area contributed by atoms with Crippen LogP contribution in [0.1, 0.15) is 5.56 Å². The van der Waals surface area contributed by atoms with Gasteiger partial charge in [-0.15, -0.1) is 11.8 Å². The molecule has 0 N–H and O–H groups in total. The Morgan fingerprint density at radius 1 is 1.15 bits per heavy atom. The Balaban J connectivity index is 1.67. The van der Waals surface area contributed by atoms with E-state index in [0.717, 1.165) is 11.9 Å². The number of oxazole rings is 1. The Morgan fingerprint density at radius 2 is 1.95 bits per heavy atom. The second kappa shape index (κ2) is 4.56. The largest absolute Gasteiger partial charge is 0.419 e. The zero-order valence-electron chi connectivity index (χ0n) is 10.8. The van der Waals surface area contributed by atoms with Crippen molar-refractivity contribution in [3.63, 3.8) is 0 Å². The first kappa shape index (κ1) is 11.9. The van der Waals surface area contributed by atoms with Crippen LogP contribution in [0.15, 0.2) is 62.6 Å². The second-order valence-corrected chi connectivity index (χ2v) is 6.34. The van der Waals surface area contributed by atoms with Gasteiger partial charge in [0.25, 0.3) is 0 Å². The lowest BCUT2D eigenvalue weighted by atomic mass is 10.1. The molecule has 0 saturated carbocycles. The van der Waals surface area contributed by atoms with E-state index in [4.69, 9.17) is 4.42 Å². The fourth-order valence-electron chi connectivity index (χ4n) is 2.75. The van der Waals surface area contributed by atoms with E-state index < -0.39 is 0 Å². The van der Waals surface area contributed by atoms with E-state index in [1.165, 1.54) is 10.5 Å². The molecule has 20 heavy (non-hydrogen) atoms. The number of nitrogens with zero attached hydrogens (tertiary/aromatic N) is 1. The third-order valence-corrected chi connectivity index (χ3v) is 4.98. The first-order valence-electron chi connectivity index (χ1n) is 6.64. The fourth-order valence-corrected chi connectivity index (χ4v) is 4.05. The van der Waals surface area contributed by atoms with Crippen molar-refractivity contribution in [1.29, 1.82) is 0 Å². The topological polar surface area (TPSA) is 35.1 Å². The number of hydrogen-bond donors (Lipinski definition) is 0. The lowest BCUT2D eigenvalue weighted by Gasteiger charge is -2.08. The number of fused-ring (bicyclic) bond motifs is 2. The molecule has 3 aromatic rings. The van der Waals surface area contributed by atoms with Crippen molar-refractivity contribution in [1.82, 2.24) is 4.57 Å². The summed E-state index contributed by atoms with van der Waals surface area (Å²) in [6, 6.07) is 16.0. The Labute approximate surface area is 120 Å². The molecule has 0 aliphatic carbocycles. The SMILES string of the molecule is O=c1oc2ccccc2n1CC1Cc2ccccc2S1. The number of aromatic nitrogens is 1. The minimum atomic E-state index is -0.261. The summed E-state index contributed by atoms with van der Waals surface area (Å²) < 4.78 is 7.03. The molecule has 1 aromatic heterocycles. The average Bonchev–Trinajstić information content (AvgIpc) is 3.00. The van der Waals surface area contributed by atoms with Crippen LogP contribution >= 0.6 is 11.8 Å². The standard InChI is InChI=1S/C16H13NO2S/c18-16-17(13-6-2-3-7-14(13)19-16)10-12-9-11-5-1-4-8-15(11)20-12/h1-8,12H,9-10H2. The Hall–Kier alpha value is -1.94. The van der Waals surface area contributed by atoms with Crippen LogP contribution in [-0.4, -0.2) is 9.82 Å². The van der Waals surface area contributed by atoms with Gasteiger partial charge in [-0.05, 0) is 30.2 Å². The number of thioether (sulfide) groups is 1. The highest BCUT2D eigenvalue weighted by Gasteiger charge is 2.23. The van der Waals surface area contributed by atoms with E-state index in [0.29, 0.717) is 17.4 Å². The molecule has 0 radical (unpaired) electrons. The van der Waals surface area contributed by atoms with Gasteiger partial charge in [-0.3, -0.25) is 4.57 Å². The highest BCUT2D eigenvalue weighted by Crippen LogP contribution is 2.37. The third-order valence-electron chi connectivity index (χ3n) is 3.67. The predicted octanol–water partition coefficient (Wildman–Crippen LogP) is 3.31. The maximum Gasteiger partial charge on any atom is 0.419 e. The Morgan fingerprint density at radius 3 is 2.85 bits per heavy atom. The molecular weight excluding hydrogens is 270 g/mol. The smallest absolute Gasteiger partial charge is 0.408 e. The minimum Gasteiger partial charge on any atom is -0.408 e. The van der Waals surface area contributed by atoms with Crippen LogP contribution in [-0.2, 0) is 13.0 Å². The molecule has 1 atom stereocenters. The van der Waals surface area contributed by atoms with Crippen LogP contribution < -0.4 is 5.76 Å². The highest BCUT2D eigenvalue weighted by atomic mass is 32.2. The summed E-state index contributed by atoms with van der Waals surface area (Å²) in [5, 5.41) is 0.395. The summed E-state index contributed by atoms with van der Waals surface area (Å²) in [4.78, 5) is 13.3. The molecule has 1 aliphatic rings. The van der Waals surface area contributed by atoms with Crippen molar-refractivity contribution in [2.75, 3.05) is 0 Å². The van der Waals surface area contributed by atoms with Crippen molar-refractivity contribution in [3.8, 4) is 0 Å². The van der Waals surface area contributed by atoms with Crippen molar-refractivity contribution >= 4 is 22.9 Å². The van der Waals surface area contributed by atoms with Crippen LogP contribution in [0.2, 0.25) is 0 Å². The summed E-state index contributed by atoms with van der Waals surface area (Å²) in [5.41, 5.74) is 2.93. The molecule has 2 aromatic carbocycles. The summed E-state index contributed by atoms with van der Waals surface area (Å²) in [6.07, 6.45) is 1.01. The first-order chi connectivity index (χ1) is 9.81. The molecule has 3 nitrogen and oxygen atoms in total. The molecule has 0 bridgehead atoms. The normalized spacial score (nSPS) is 17.5. The highest BCUT2D eigenvalue weighted by molar-refractivity contribution is 8.00. The van der Waals surface area contributed by atoms with E-state index in [1.54, 1.807) is 4.57 Å². The average molecular weight is 283 g/mol. The fraction of sp³-hybridized carbons (Fsp3) is 0.188. The van der Waals surface area contributed by atoms with Gasteiger partial charge in [0.15, 0.2) is 5.58 Å². The molecule has 0 saturated heterocycles. The van der Waals surface area contributed by atoms with Gasteiger partial charge >= 0.3 is 5.76 Å². The third kappa shape index (κ3) is 1.88. The van der Waals surface area contributed by atoms with E-state index in [9.17, 15) is 4.79 Å². The molecule has 0 spiro atoms. The quantitative estimate of drug-likeness (QED) is 0.723. The van der Waals surface area contributed by atoms with E-state index >= 15 is 0 Å². The summed E-state index contributed by atoms with van der Waals surface area (Å²) in [5.74, 6) is -0.261. The molecule has 2 heterocycles. The molecular formula is C16H13NO2S. The van der Waals surface area contributed by atoms with Crippen LogP contribution in [0.25, 0.3) is 11.1 Å². The number of para-hydroxylation sites is 2. The molecule has 0 amide bonds. The van der Waals surface area contributed by atoms with E-state index in [2.05, 4.69) is 24.3 Å². The number of benzene rings is 2. The maximum atomic E-state index is 12.0. The van der Waals surface area contributed by atoms with Crippen LogP contribution in [0.4, 0.5) is 0 Å². The van der Waals surface area contributed by atoms with Gasteiger partial charge in [0, 0.05) is 16.7 Å². The Kier molecular flexibility index (Phi) is 2.70. The van der Waals surface area contributed by atoms with Crippen LogP contribution in [0.3, 0.4) is 0 Å². The second-order valence-electron chi connectivity index (χ2n) is 5.00. The van der Waals surface area contributed by atoms with Gasteiger partial charge in [0.1, 0.15) is 0 Å². The number of rotatable bonds is 2. The monoisotopic (exact) mass is 283 g/mol. The van der Waals surface area contributed by atoms with Crippen molar-refractivity contribution in [2.24, 2.45) is 0 Å². The molecule has 4 rings (SSSR count). The number of hydrogen-bond acceptors (Lipinski definition) is 3. The van der Waals surface area contributed by atoms with Crippen molar-refractivity contribution < 1.29 is 4.42 Å². The first-order valence-corrected chi connectivity index (χ1v) is 7.52. The van der Waals surface area contributed by atoms with Gasteiger partial charge in [-0.1, -0.05) is 30.3 Å². The van der Waals surface area contributed by atoms with Crippen molar-refractivity contribution in [2.45, 2.75) is 23.1 Å². The Bertz CT molecular complexity index is 809. The summed E-state index contributed by atoms with van der Waals surface area (Å²) >= 11 is 1.85. The zero-order chi connectivity index (χ0) is 13.5. The molecule has 1 aliphatic heterocycles. The van der Waals surface area contributed by atoms with Gasteiger partial charge in [-0.2, -0.15) is 0 Å². The lowest BCUT2D eigenvalue weighted by Crippen LogP contribution is -2.21. The zero-order valence-corrected chi connectivity index (χ0v) is 11.6. The van der Waals surface area contributed by atoms with E-state index in [-0.39, 0.29) is 5.76 Å². The van der Waals surface area contributed by atoms with Gasteiger partial charge in [-0.25, -0.2) is 4.79 Å². The van der Waals surface area contributed by atoms with Gasteiger partial charge in [0.05, 0.1) is 5.52 Å². The van der Waals surface area contributed by atoms with Gasteiger partial charge in [0.2, 0.25) is 0 Å².